The van der Waals surface area contributed by atoms with E-state index in [0.717, 1.165) is 35.0 Å². The molecule has 3 nitrogen and oxygen atoms in total. The number of nitrogens with one attached hydrogen (secondary N) is 1. The normalized spacial score (nSPS) is 17.1. The summed E-state index contributed by atoms with van der Waals surface area (Å²) in [6.45, 7) is 2.69. The predicted octanol–water partition coefficient (Wildman–Crippen LogP) is 2.97. The molecular formula is C15H21BrN2O. The molecular weight excluding hydrogens is 304 g/mol. The molecule has 0 unspecified atom stereocenters. The van der Waals surface area contributed by atoms with E-state index in [4.69, 9.17) is 0 Å². The summed E-state index contributed by atoms with van der Waals surface area (Å²) in [6.07, 6.45) is 3.58. The average Bonchev–Trinajstić information content (AvgIpc) is 2.30. The summed E-state index contributed by atoms with van der Waals surface area (Å²) in [7, 11) is 4.19. The number of halogens is 1. The van der Waals surface area contributed by atoms with Crippen molar-refractivity contribution in [2.45, 2.75) is 31.7 Å². The van der Waals surface area contributed by atoms with Gasteiger partial charge >= 0.3 is 0 Å². The van der Waals surface area contributed by atoms with Crippen molar-refractivity contribution in [1.29, 1.82) is 0 Å². The van der Waals surface area contributed by atoms with Crippen LogP contribution in [0.2, 0.25) is 0 Å². The zero-order chi connectivity index (χ0) is 14.0. The van der Waals surface area contributed by atoms with E-state index in [1.54, 1.807) is 0 Å². The predicted molar refractivity (Wildman–Crippen MR) is 81.5 cm³/mol. The van der Waals surface area contributed by atoms with Crippen LogP contribution >= 0.6 is 15.9 Å². The molecule has 0 aromatic heterocycles. The fourth-order valence-electron chi connectivity index (χ4n) is 2.56. The van der Waals surface area contributed by atoms with Gasteiger partial charge in [0.05, 0.1) is 0 Å². The molecule has 0 aliphatic heterocycles. The minimum atomic E-state index is 0.0203. The van der Waals surface area contributed by atoms with Crippen molar-refractivity contribution in [2.75, 3.05) is 20.6 Å². The van der Waals surface area contributed by atoms with Crippen molar-refractivity contribution in [3.8, 4) is 0 Å². The maximum atomic E-state index is 12.3. The zero-order valence-corrected chi connectivity index (χ0v) is 13.4. The molecule has 1 aromatic carbocycles. The lowest BCUT2D eigenvalue weighted by atomic mass is 9.75. The van der Waals surface area contributed by atoms with Crippen LogP contribution in [-0.4, -0.2) is 37.0 Å². The van der Waals surface area contributed by atoms with E-state index in [1.165, 1.54) is 6.42 Å². The summed E-state index contributed by atoms with van der Waals surface area (Å²) < 4.78 is 0.978. The minimum Gasteiger partial charge on any atom is -0.350 e. The van der Waals surface area contributed by atoms with E-state index in [-0.39, 0.29) is 11.4 Å². The number of hydrogen-bond donors (Lipinski definition) is 1. The van der Waals surface area contributed by atoms with Crippen molar-refractivity contribution < 1.29 is 4.79 Å². The van der Waals surface area contributed by atoms with Crippen molar-refractivity contribution >= 4 is 21.8 Å². The summed E-state index contributed by atoms with van der Waals surface area (Å²) in [5.41, 5.74) is 1.91. The monoisotopic (exact) mass is 324 g/mol. The number of carbonyl (C=O) groups excluding carboxylic acids is 1. The minimum absolute atomic E-state index is 0.0203. The lowest BCUT2D eigenvalue weighted by molar-refractivity contribution is 0.0557. The highest BCUT2D eigenvalue weighted by molar-refractivity contribution is 9.10. The molecule has 0 bridgehead atoms. The third-order valence-corrected chi connectivity index (χ3v) is 5.18. The van der Waals surface area contributed by atoms with E-state index in [2.05, 4.69) is 40.2 Å². The Balaban J connectivity index is 2.04. The Morgan fingerprint density at radius 1 is 1.42 bits per heavy atom. The lowest BCUT2D eigenvalue weighted by Crippen LogP contribution is -2.57. The van der Waals surface area contributed by atoms with Gasteiger partial charge in [0.25, 0.3) is 5.91 Å². The molecule has 2 rings (SSSR count). The molecule has 0 radical (unpaired) electrons. The maximum Gasteiger partial charge on any atom is 0.251 e. The van der Waals surface area contributed by atoms with Crippen molar-refractivity contribution in [3.05, 3.63) is 33.8 Å². The van der Waals surface area contributed by atoms with Gasteiger partial charge in [-0.25, -0.2) is 0 Å². The molecule has 4 heteroatoms. The van der Waals surface area contributed by atoms with Gasteiger partial charge in [-0.15, -0.1) is 0 Å². The molecule has 1 N–H and O–H groups in total. The molecule has 19 heavy (non-hydrogen) atoms. The van der Waals surface area contributed by atoms with Crippen LogP contribution in [0.3, 0.4) is 0 Å². The van der Waals surface area contributed by atoms with Crippen LogP contribution in [0.25, 0.3) is 0 Å². The first-order valence-corrected chi connectivity index (χ1v) is 7.46. The Morgan fingerprint density at radius 2 is 2.11 bits per heavy atom. The third-order valence-electron chi connectivity index (χ3n) is 4.32. The molecule has 1 aliphatic carbocycles. The molecule has 0 saturated heterocycles. The maximum absolute atomic E-state index is 12.3. The van der Waals surface area contributed by atoms with Gasteiger partial charge in [0, 0.05) is 22.1 Å². The molecule has 1 aliphatic rings. The van der Waals surface area contributed by atoms with Gasteiger partial charge in [0.15, 0.2) is 0 Å². The Bertz CT molecular complexity index is 481. The number of benzene rings is 1. The second-order valence-electron chi connectivity index (χ2n) is 5.57. The van der Waals surface area contributed by atoms with Gasteiger partial charge in [-0.1, -0.05) is 22.0 Å². The molecule has 1 fully saturated rings. The molecule has 0 heterocycles. The molecule has 0 spiro atoms. The van der Waals surface area contributed by atoms with Gasteiger partial charge in [0.1, 0.15) is 0 Å². The third kappa shape index (κ3) is 2.84. The van der Waals surface area contributed by atoms with Crippen molar-refractivity contribution in [3.63, 3.8) is 0 Å². The first-order valence-electron chi connectivity index (χ1n) is 6.67. The van der Waals surface area contributed by atoms with Crippen LogP contribution in [-0.2, 0) is 0 Å². The van der Waals surface area contributed by atoms with Crippen LogP contribution in [0.5, 0.6) is 0 Å². The van der Waals surface area contributed by atoms with Crippen LogP contribution < -0.4 is 5.32 Å². The quantitative estimate of drug-likeness (QED) is 0.923. The SMILES string of the molecule is Cc1c(Br)cccc1C(=O)NCC1(N(C)C)CCC1. The van der Waals surface area contributed by atoms with Crippen LogP contribution in [0, 0.1) is 6.92 Å². The summed E-state index contributed by atoms with van der Waals surface area (Å²) in [5, 5.41) is 3.09. The highest BCUT2D eigenvalue weighted by atomic mass is 79.9. The second-order valence-corrected chi connectivity index (χ2v) is 6.42. The first-order chi connectivity index (χ1) is 8.96. The van der Waals surface area contributed by atoms with Gasteiger partial charge < -0.3 is 10.2 Å². The number of likely N-dealkylation sites (N-methyl/N-ethyl adjacent to an activating group) is 1. The smallest absolute Gasteiger partial charge is 0.251 e. The van der Waals surface area contributed by atoms with Gasteiger partial charge in [0.2, 0.25) is 0 Å². The van der Waals surface area contributed by atoms with Crippen LogP contribution in [0.1, 0.15) is 35.2 Å². The number of hydrogen-bond acceptors (Lipinski definition) is 2. The number of rotatable bonds is 4. The summed E-state index contributed by atoms with van der Waals surface area (Å²) >= 11 is 3.46. The number of carbonyl (C=O) groups is 1. The van der Waals surface area contributed by atoms with Gasteiger partial charge in [-0.2, -0.15) is 0 Å². The van der Waals surface area contributed by atoms with E-state index in [1.807, 2.05) is 25.1 Å². The highest BCUT2D eigenvalue weighted by Crippen LogP contribution is 2.35. The summed E-state index contributed by atoms with van der Waals surface area (Å²) in [4.78, 5) is 14.5. The van der Waals surface area contributed by atoms with Crippen molar-refractivity contribution in [2.24, 2.45) is 0 Å². The van der Waals surface area contributed by atoms with Gasteiger partial charge in [-0.3, -0.25) is 4.79 Å². The Labute approximate surface area is 123 Å². The standard InChI is InChI=1S/C15H21BrN2O/c1-11-12(6-4-7-13(11)16)14(19)17-10-15(18(2)3)8-5-9-15/h4,6-7H,5,8-10H2,1-3H3,(H,17,19). The Morgan fingerprint density at radius 3 is 2.63 bits per heavy atom. The molecule has 0 atom stereocenters. The van der Waals surface area contributed by atoms with E-state index >= 15 is 0 Å². The zero-order valence-electron chi connectivity index (χ0n) is 11.8. The van der Waals surface area contributed by atoms with Crippen molar-refractivity contribution in [1.82, 2.24) is 10.2 Å². The average molecular weight is 325 g/mol. The van der Waals surface area contributed by atoms with E-state index < -0.39 is 0 Å². The summed E-state index contributed by atoms with van der Waals surface area (Å²) in [5.74, 6) is 0.0203. The second kappa shape index (κ2) is 5.63. The van der Waals surface area contributed by atoms with E-state index in [0.29, 0.717) is 0 Å². The van der Waals surface area contributed by atoms with E-state index in [9.17, 15) is 4.79 Å². The molecule has 104 valence electrons. The largest absolute Gasteiger partial charge is 0.350 e. The highest BCUT2D eigenvalue weighted by Gasteiger charge is 2.39. The topological polar surface area (TPSA) is 32.3 Å². The molecule has 1 saturated carbocycles. The fraction of sp³-hybridized carbons (Fsp3) is 0.533. The summed E-state index contributed by atoms with van der Waals surface area (Å²) in [6, 6.07) is 5.73. The molecule has 1 amide bonds. The number of nitrogens with zero attached hydrogens (tertiary/aromatic N) is 1. The number of amides is 1. The first kappa shape index (κ1) is 14.5. The Kier molecular flexibility index (Phi) is 4.31. The Hall–Kier alpha value is -0.870. The fourth-order valence-corrected chi connectivity index (χ4v) is 2.93. The van der Waals surface area contributed by atoms with Crippen LogP contribution in [0.15, 0.2) is 22.7 Å². The molecule has 1 aromatic rings. The van der Waals surface area contributed by atoms with Gasteiger partial charge in [-0.05, 0) is 58.0 Å². The lowest BCUT2D eigenvalue weighted by Gasteiger charge is -2.47. The van der Waals surface area contributed by atoms with Crippen LogP contribution in [0.4, 0.5) is 0 Å².